The van der Waals surface area contributed by atoms with Gasteiger partial charge in [0.15, 0.2) is 0 Å². The zero-order valence-electron chi connectivity index (χ0n) is 8.33. The minimum absolute atomic E-state index is 0.259. The van der Waals surface area contributed by atoms with E-state index < -0.39 is 6.18 Å². The maximum absolute atomic E-state index is 12.1. The molecule has 0 atom stereocenters. The molecule has 0 spiro atoms. The van der Waals surface area contributed by atoms with E-state index in [9.17, 15) is 13.2 Å². The number of allylic oxidation sites excluding steroid dienone is 1. The Morgan fingerprint density at radius 3 is 2.31 bits per heavy atom. The first-order chi connectivity index (χ1) is 7.56. The fourth-order valence-electron chi connectivity index (χ4n) is 1.58. The second-order valence-corrected chi connectivity index (χ2v) is 3.44. The van der Waals surface area contributed by atoms with E-state index in [1.165, 1.54) is 0 Å². The molecule has 2 aromatic rings. The minimum atomic E-state index is -4.27. The van der Waals surface area contributed by atoms with Crippen molar-refractivity contribution in [1.82, 2.24) is 0 Å². The molecule has 2 aromatic carbocycles. The van der Waals surface area contributed by atoms with Gasteiger partial charge in [-0.1, -0.05) is 42.5 Å². The van der Waals surface area contributed by atoms with E-state index in [1.807, 2.05) is 30.3 Å². The molecule has 0 unspecified atom stereocenters. The van der Waals surface area contributed by atoms with Gasteiger partial charge in [0.25, 0.3) is 0 Å². The lowest BCUT2D eigenvalue weighted by molar-refractivity contribution is -0.0790. The lowest BCUT2D eigenvalue weighted by Crippen LogP contribution is -2.00. The quantitative estimate of drug-likeness (QED) is 0.670. The smallest absolute Gasteiger partial charge is 0.167 e. The normalized spacial score (nSPS) is 12.4. The van der Waals surface area contributed by atoms with Gasteiger partial charge >= 0.3 is 6.18 Å². The molecule has 0 amide bonds. The maximum atomic E-state index is 12.1. The van der Waals surface area contributed by atoms with Gasteiger partial charge in [-0.2, -0.15) is 13.2 Å². The first-order valence-electron chi connectivity index (χ1n) is 4.80. The lowest BCUT2D eigenvalue weighted by atomic mass is 10.0. The van der Waals surface area contributed by atoms with Gasteiger partial charge in [-0.05, 0) is 22.4 Å². The average molecular weight is 222 g/mol. The van der Waals surface area contributed by atoms with Gasteiger partial charge in [0.1, 0.15) is 0 Å². The van der Waals surface area contributed by atoms with Gasteiger partial charge in [-0.25, -0.2) is 0 Å². The molecule has 2 rings (SSSR count). The van der Waals surface area contributed by atoms with Crippen molar-refractivity contribution in [2.75, 3.05) is 0 Å². The SMILES string of the molecule is FC(F)(F)/C=C\c1cccc2ccccc12. The molecule has 0 saturated carbocycles. The standard InChI is InChI=1S/C13H9F3/c14-13(15,16)9-8-11-6-3-5-10-4-1-2-7-12(10)11/h1-9H/b9-8-. The second-order valence-electron chi connectivity index (χ2n) is 3.44. The van der Waals surface area contributed by atoms with Crippen LogP contribution in [0.1, 0.15) is 5.56 Å². The highest BCUT2D eigenvalue weighted by Gasteiger charge is 2.21. The summed E-state index contributed by atoms with van der Waals surface area (Å²) < 4.78 is 36.2. The van der Waals surface area contributed by atoms with Gasteiger partial charge in [-0.3, -0.25) is 0 Å². The van der Waals surface area contributed by atoms with E-state index in [0.717, 1.165) is 16.8 Å². The van der Waals surface area contributed by atoms with E-state index in [0.29, 0.717) is 5.56 Å². The van der Waals surface area contributed by atoms with Gasteiger partial charge in [0, 0.05) is 6.08 Å². The molecule has 0 nitrogen and oxygen atoms in total. The van der Waals surface area contributed by atoms with Crippen LogP contribution in [0.2, 0.25) is 0 Å². The number of benzene rings is 2. The van der Waals surface area contributed by atoms with Crippen molar-refractivity contribution in [2.24, 2.45) is 0 Å². The van der Waals surface area contributed by atoms with Gasteiger partial charge < -0.3 is 0 Å². The molecule has 0 aromatic heterocycles. The van der Waals surface area contributed by atoms with E-state index in [1.54, 1.807) is 12.1 Å². The Morgan fingerprint density at radius 1 is 0.875 bits per heavy atom. The van der Waals surface area contributed by atoms with Crippen molar-refractivity contribution in [1.29, 1.82) is 0 Å². The zero-order valence-corrected chi connectivity index (χ0v) is 8.33. The van der Waals surface area contributed by atoms with Crippen LogP contribution in [0.5, 0.6) is 0 Å². The Morgan fingerprint density at radius 2 is 1.56 bits per heavy atom. The molecule has 0 N–H and O–H groups in total. The Hall–Kier alpha value is -1.77. The molecule has 0 aliphatic heterocycles. The highest BCUT2D eigenvalue weighted by atomic mass is 19.4. The van der Waals surface area contributed by atoms with Crippen LogP contribution in [0.4, 0.5) is 13.2 Å². The Bertz CT molecular complexity index is 519. The average Bonchev–Trinajstić information content (AvgIpc) is 2.25. The summed E-state index contributed by atoms with van der Waals surface area (Å²) in [5.41, 5.74) is 0.579. The summed E-state index contributed by atoms with van der Waals surface area (Å²) in [6.07, 6.45) is -2.91. The Balaban J connectivity index is 2.49. The summed E-state index contributed by atoms with van der Waals surface area (Å²) in [5.74, 6) is 0. The van der Waals surface area contributed by atoms with Crippen LogP contribution in [-0.4, -0.2) is 6.18 Å². The molecule has 0 aliphatic carbocycles. The van der Waals surface area contributed by atoms with Gasteiger partial charge in [0.05, 0.1) is 0 Å². The molecule has 0 fully saturated rings. The summed E-state index contributed by atoms with van der Waals surface area (Å²) in [6, 6.07) is 12.7. The Labute approximate surface area is 91.0 Å². The number of hydrogen-bond acceptors (Lipinski definition) is 0. The molecular weight excluding hydrogens is 213 g/mol. The van der Waals surface area contributed by atoms with Crippen LogP contribution in [0.25, 0.3) is 16.8 Å². The van der Waals surface area contributed by atoms with Crippen molar-refractivity contribution in [3.8, 4) is 0 Å². The van der Waals surface area contributed by atoms with Crippen LogP contribution in [0.15, 0.2) is 48.5 Å². The third-order valence-corrected chi connectivity index (χ3v) is 2.28. The van der Waals surface area contributed by atoms with Crippen molar-refractivity contribution in [3.63, 3.8) is 0 Å². The Kier molecular flexibility index (Phi) is 2.69. The first-order valence-corrected chi connectivity index (χ1v) is 4.80. The monoisotopic (exact) mass is 222 g/mol. The highest BCUT2D eigenvalue weighted by Crippen LogP contribution is 2.23. The molecular formula is C13H9F3. The number of halogens is 3. The third-order valence-electron chi connectivity index (χ3n) is 2.28. The summed E-state index contributed by atoms with van der Waals surface area (Å²) >= 11 is 0. The largest absolute Gasteiger partial charge is 0.409 e. The number of rotatable bonds is 1. The second kappa shape index (κ2) is 4.00. The van der Waals surface area contributed by atoms with Crippen LogP contribution in [0.3, 0.4) is 0 Å². The predicted molar refractivity (Wildman–Crippen MR) is 59.0 cm³/mol. The molecule has 0 saturated heterocycles. The molecule has 82 valence electrons. The van der Waals surface area contributed by atoms with E-state index >= 15 is 0 Å². The van der Waals surface area contributed by atoms with Gasteiger partial charge in [0.2, 0.25) is 0 Å². The zero-order chi connectivity index (χ0) is 11.6. The molecule has 0 aliphatic rings. The van der Waals surface area contributed by atoms with Crippen molar-refractivity contribution < 1.29 is 13.2 Å². The van der Waals surface area contributed by atoms with Crippen molar-refractivity contribution in [3.05, 3.63) is 54.1 Å². The summed E-state index contributed by atoms with van der Waals surface area (Å²) in [7, 11) is 0. The molecule has 0 bridgehead atoms. The molecule has 0 heterocycles. The maximum Gasteiger partial charge on any atom is 0.409 e. The van der Waals surface area contributed by atoms with Crippen molar-refractivity contribution in [2.45, 2.75) is 6.18 Å². The number of alkyl halides is 3. The number of hydrogen-bond donors (Lipinski definition) is 0. The summed E-state index contributed by atoms with van der Waals surface area (Å²) in [6.45, 7) is 0. The van der Waals surface area contributed by atoms with Crippen LogP contribution in [-0.2, 0) is 0 Å². The fraction of sp³-hybridized carbons (Fsp3) is 0.0769. The third kappa shape index (κ3) is 2.42. The van der Waals surface area contributed by atoms with E-state index in [4.69, 9.17) is 0 Å². The summed E-state index contributed by atoms with van der Waals surface area (Å²) in [5, 5.41) is 1.76. The predicted octanol–water partition coefficient (Wildman–Crippen LogP) is 4.42. The fourth-order valence-corrected chi connectivity index (χ4v) is 1.58. The van der Waals surface area contributed by atoms with Crippen LogP contribution >= 0.6 is 0 Å². The topological polar surface area (TPSA) is 0 Å². The molecule has 0 radical (unpaired) electrons. The van der Waals surface area contributed by atoms with Crippen LogP contribution in [0, 0.1) is 0 Å². The van der Waals surface area contributed by atoms with E-state index in [-0.39, 0.29) is 6.08 Å². The van der Waals surface area contributed by atoms with Gasteiger partial charge in [-0.15, -0.1) is 0 Å². The minimum Gasteiger partial charge on any atom is -0.167 e. The summed E-state index contributed by atoms with van der Waals surface area (Å²) in [4.78, 5) is 0. The molecule has 3 heteroatoms. The molecule has 16 heavy (non-hydrogen) atoms. The van der Waals surface area contributed by atoms with Crippen molar-refractivity contribution >= 4 is 16.8 Å². The highest BCUT2D eigenvalue weighted by molar-refractivity contribution is 5.90. The number of fused-ring (bicyclic) bond motifs is 1. The van der Waals surface area contributed by atoms with E-state index in [2.05, 4.69) is 0 Å². The van der Waals surface area contributed by atoms with Crippen LogP contribution < -0.4 is 0 Å². The first kappa shape index (κ1) is 10.7. The lowest BCUT2D eigenvalue weighted by Gasteiger charge is -2.02.